The van der Waals surface area contributed by atoms with Crippen LogP contribution in [0.15, 0.2) is 42.6 Å². The monoisotopic (exact) mass is 249 g/mol. The molecule has 0 spiro atoms. The summed E-state index contributed by atoms with van der Waals surface area (Å²) in [5.74, 6) is 1.60. The molecular weight excluding hydrogens is 238 g/mol. The summed E-state index contributed by atoms with van der Waals surface area (Å²) in [7, 11) is 1.63. The molecule has 0 aliphatic rings. The number of pyridine rings is 1. The molecule has 0 unspecified atom stereocenters. The van der Waals surface area contributed by atoms with Gasteiger partial charge in [-0.3, -0.25) is 0 Å². The van der Waals surface area contributed by atoms with Gasteiger partial charge in [0.15, 0.2) is 0 Å². The number of rotatable bonds is 4. The summed E-state index contributed by atoms with van der Waals surface area (Å²) in [4.78, 5) is 3.91. The number of hydrogen-bond acceptors (Lipinski definition) is 3. The lowest BCUT2D eigenvalue weighted by molar-refractivity contribution is 0.305. The zero-order chi connectivity index (χ0) is 12.1. The minimum Gasteiger partial charge on any atom is -0.497 e. The van der Waals surface area contributed by atoms with E-state index < -0.39 is 0 Å². The maximum atomic E-state index is 5.78. The van der Waals surface area contributed by atoms with Crippen molar-refractivity contribution in [3.63, 3.8) is 0 Å². The fourth-order valence-corrected chi connectivity index (χ4v) is 1.57. The van der Waals surface area contributed by atoms with E-state index in [2.05, 4.69) is 4.98 Å². The maximum absolute atomic E-state index is 5.78. The van der Waals surface area contributed by atoms with Crippen LogP contribution in [-0.2, 0) is 6.61 Å². The number of hydrogen-bond donors (Lipinski definition) is 0. The highest BCUT2D eigenvalue weighted by Crippen LogP contribution is 2.18. The first kappa shape index (κ1) is 11.7. The van der Waals surface area contributed by atoms with Crippen molar-refractivity contribution in [3.05, 3.63) is 53.3 Å². The van der Waals surface area contributed by atoms with Crippen LogP contribution in [0.3, 0.4) is 0 Å². The van der Waals surface area contributed by atoms with Gasteiger partial charge in [0.05, 0.1) is 7.11 Å². The Morgan fingerprint density at radius 1 is 1.12 bits per heavy atom. The molecule has 1 aromatic carbocycles. The molecule has 4 heteroatoms. The average Bonchev–Trinajstić information content (AvgIpc) is 2.37. The number of aromatic nitrogens is 1. The molecule has 2 rings (SSSR count). The van der Waals surface area contributed by atoms with Crippen LogP contribution >= 0.6 is 11.6 Å². The van der Waals surface area contributed by atoms with Gasteiger partial charge in [-0.2, -0.15) is 0 Å². The first-order valence-electron chi connectivity index (χ1n) is 5.15. The van der Waals surface area contributed by atoms with Gasteiger partial charge in [0.1, 0.15) is 23.3 Å². The summed E-state index contributed by atoms with van der Waals surface area (Å²) in [5, 5.41) is 0.473. The molecule has 0 aliphatic carbocycles. The number of methoxy groups -OCH3 is 1. The summed E-state index contributed by atoms with van der Waals surface area (Å²) in [6, 6.07) is 11.1. The van der Waals surface area contributed by atoms with E-state index in [0.717, 1.165) is 17.1 Å². The molecule has 0 atom stereocenters. The van der Waals surface area contributed by atoms with E-state index in [4.69, 9.17) is 21.1 Å². The van der Waals surface area contributed by atoms with Gasteiger partial charge in [-0.1, -0.05) is 11.6 Å². The standard InChI is InChI=1S/C13H12ClNO2/c1-16-11-2-4-12(5-3-11)17-9-10-6-7-15-13(14)8-10/h2-8H,9H2,1H3. The normalized spacial score (nSPS) is 10.0. The van der Waals surface area contributed by atoms with Crippen LogP contribution in [0.2, 0.25) is 5.15 Å². The Bertz CT molecular complexity index is 485. The van der Waals surface area contributed by atoms with E-state index in [1.54, 1.807) is 19.4 Å². The van der Waals surface area contributed by atoms with Gasteiger partial charge in [0.2, 0.25) is 0 Å². The highest BCUT2D eigenvalue weighted by molar-refractivity contribution is 6.29. The number of nitrogens with zero attached hydrogens (tertiary/aromatic N) is 1. The zero-order valence-corrected chi connectivity index (χ0v) is 10.1. The maximum Gasteiger partial charge on any atom is 0.129 e. The second kappa shape index (κ2) is 5.55. The third-order valence-electron chi connectivity index (χ3n) is 2.26. The van der Waals surface area contributed by atoms with Crippen molar-refractivity contribution < 1.29 is 9.47 Å². The molecule has 0 N–H and O–H groups in total. The minimum atomic E-state index is 0.467. The predicted molar refractivity (Wildman–Crippen MR) is 66.6 cm³/mol. The topological polar surface area (TPSA) is 31.4 Å². The van der Waals surface area contributed by atoms with Crippen molar-refractivity contribution in [1.82, 2.24) is 4.98 Å². The minimum absolute atomic E-state index is 0.467. The SMILES string of the molecule is COc1ccc(OCc2ccnc(Cl)c2)cc1. The lowest BCUT2D eigenvalue weighted by atomic mass is 10.3. The second-order valence-electron chi connectivity index (χ2n) is 3.45. The first-order valence-corrected chi connectivity index (χ1v) is 5.53. The molecule has 1 heterocycles. The Hall–Kier alpha value is -1.74. The van der Waals surface area contributed by atoms with Crippen LogP contribution in [0.25, 0.3) is 0 Å². The number of halogens is 1. The molecule has 17 heavy (non-hydrogen) atoms. The van der Waals surface area contributed by atoms with Crippen LogP contribution in [0.5, 0.6) is 11.5 Å². The van der Waals surface area contributed by atoms with E-state index in [1.807, 2.05) is 30.3 Å². The van der Waals surface area contributed by atoms with Crippen LogP contribution in [0.4, 0.5) is 0 Å². The summed E-state index contributed by atoms with van der Waals surface area (Å²) in [6.45, 7) is 0.467. The molecule has 0 amide bonds. The van der Waals surface area contributed by atoms with Crippen molar-refractivity contribution in [2.75, 3.05) is 7.11 Å². The fraction of sp³-hybridized carbons (Fsp3) is 0.154. The molecule has 88 valence electrons. The van der Waals surface area contributed by atoms with Gasteiger partial charge < -0.3 is 9.47 Å². The Morgan fingerprint density at radius 3 is 2.47 bits per heavy atom. The quantitative estimate of drug-likeness (QED) is 0.779. The zero-order valence-electron chi connectivity index (χ0n) is 9.39. The third-order valence-corrected chi connectivity index (χ3v) is 2.46. The van der Waals surface area contributed by atoms with Crippen LogP contribution in [0.1, 0.15) is 5.56 Å². The van der Waals surface area contributed by atoms with E-state index in [-0.39, 0.29) is 0 Å². The van der Waals surface area contributed by atoms with Gasteiger partial charge in [-0.15, -0.1) is 0 Å². The Kier molecular flexibility index (Phi) is 3.83. The molecule has 0 saturated heterocycles. The van der Waals surface area contributed by atoms with Crippen molar-refractivity contribution in [2.45, 2.75) is 6.61 Å². The lowest BCUT2D eigenvalue weighted by Crippen LogP contribution is -1.95. The highest BCUT2D eigenvalue weighted by atomic mass is 35.5. The van der Waals surface area contributed by atoms with Crippen molar-refractivity contribution in [1.29, 1.82) is 0 Å². The third kappa shape index (κ3) is 3.36. The van der Waals surface area contributed by atoms with Crippen LogP contribution in [0, 0.1) is 0 Å². The molecule has 3 nitrogen and oxygen atoms in total. The lowest BCUT2D eigenvalue weighted by Gasteiger charge is -2.07. The molecule has 1 aromatic heterocycles. The van der Waals surface area contributed by atoms with E-state index >= 15 is 0 Å². The first-order chi connectivity index (χ1) is 8.28. The molecule has 0 bridgehead atoms. The Morgan fingerprint density at radius 2 is 1.82 bits per heavy atom. The number of benzene rings is 1. The van der Waals surface area contributed by atoms with Crippen molar-refractivity contribution >= 4 is 11.6 Å². The van der Waals surface area contributed by atoms with Gasteiger partial charge in [-0.25, -0.2) is 4.98 Å². The van der Waals surface area contributed by atoms with Gasteiger partial charge >= 0.3 is 0 Å². The molecule has 0 fully saturated rings. The van der Waals surface area contributed by atoms with Crippen molar-refractivity contribution in [2.24, 2.45) is 0 Å². The fourth-order valence-electron chi connectivity index (χ4n) is 1.37. The highest BCUT2D eigenvalue weighted by Gasteiger charge is 1.98. The van der Waals surface area contributed by atoms with E-state index in [9.17, 15) is 0 Å². The summed E-state index contributed by atoms with van der Waals surface area (Å²) in [5.41, 5.74) is 0.987. The average molecular weight is 250 g/mol. The van der Waals surface area contributed by atoms with E-state index in [1.165, 1.54) is 0 Å². The summed E-state index contributed by atoms with van der Waals surface area (Å²) >= 11 is 5.78. The largest absolute Gasteiger partial charge is 0.497 e. The molecule has 0 saturated carbocycles. The van der Waals surface area contributed by atoms with Gasteiger partial charge in [-0.05, 0) is 42.0 Å². The van der Waals surface area contributed by atoms with Crippen LogP contribution in [-0.4, -0.2) is 12.1 Å². The Labute approximate surface area is 105 Å². The molecule has 0 aliphatic heterocycles. The Balaban J connectivity index is 1.97. The van der Waals surface area contributed by atoms with Crippen LogP contribution < -0.4 is 9.47 Å². The smallest absolute Gasteiger partial charge is 0.129 e. The summed E-state index contributed by atoms with van der Waals surface area (Å²) < 4.78 is 10.7. The molecule has 0 radical (unpaired) electrons. The number of ether oxygens (including phenoxy) is 2. The molecule has 2 aromatic rings. The van der Waals surface area contributed by atoms with Gasteiger partial charge in [0, 0.05) is 6.20 Å². The summed E-state index contributed by atoms with van der Waals surface area (Å²) in [6.07, 6.45) is 1.66. The van der Waals surface area contributed by atoms with E-state index in [0.29, 0.717) is 11.8 Å². The predicted octanol–water partition coefficient (Wildman–Crippen LogP) is 3.32. The van der Waals surface area contributed by atoms with Crippen molar-refractivity contribution in [3.8, 4) is 11.5 Å². The molecular formula is C13H12ClNO2. The van der Waals surface area contributed by atoms with Gasteiger partial charge in [0.25, 0.3) is 0 Å². The second-order valence-corrected chi connectivity index (χ2v) is 3.84.